The van der Waals surface area contributed by atoms with Crippen molar-refractivity contribution in [3.8, 4) is 0 Å². The molecule has 1 aromatic rings. The van der Waals surface area contributed by atoms with Gasteiger partial charge in [-0.05, 0) is 20.9 Å². The third-order valence-corrected chi connectivity index (χ3v) is 3.46. The Morgan fingerprint density at radius 1 is 1.56 bits per heavy atom. The molecule has 100 valence electrons. The van der Waals surface area contributed by atoms with Crippen molar-refractivity contribution in [2.24, 2.45) is 0 Å². The highest BCUT2D eigenvalue weighted by atomic mass is 16.2. The molecule has 6 heteroatoms. The average Bonchev–Trinajstić information content (AvgIpc) is 2.69. The van der Waals surface area contributed by atoms with Crippen LogP contribution in [-0.4, -0.2) is 58.2 Å². The van der Waals surface area contributed by atoms with Crippen molar-refractivity contribution < 1.29 is 4.79 Å². The Morgan fingerprint density at radius 3 is 2.89 bits per heavy atom. The number of nitrogens with zero attached hydrogens (tertiary/aromatic N) is 4. The van der Waals surface area contributed by atoms with Crippen molar-refractivity contribution in [1.82, 2.24) is 19.6 Å². The molecular formula is C12H21N5O. The topological polar surface area (TPSA) is 67.4 Å². The van der Waals surface area contributed by atoms with E-state index in [0.29, 0.717) is 17.9 Å². The molecule has 1 fully saturated rings. The first-order valence-corrected chi connectivity index (χ1v) is 6.35. The van der Waals surface area contributed by atoms with E-state index in [-0.39, 0.29) is 11.9 Å². The van der Waals surface area contributed by atoms with Crippen LogP contribution in [0.4, 0.5) is 5.69 Å². The molecule has 1 amide bonds. The lowest BCUT2D eigenvalue weighted by molar-refractivity contribution is 0.0522. The van der Waals surface area contributed by atoms with Crippen molar-refractivity contribution in [3.63, 3.8) is 0 Å². The average molecular weight is 251 g/mol. The second-order valence-electron chi connectivity index (χ2n) is 4.87. The number of carbonyl (C=O) groups excluding carboxylic acids is 1. The van der Waals surface area contributed by atoms with Crippen LogP contribution < -0.4 is 5.73 Å². The molecule has 1 atom stereocenters. The summed E-state index contributed by atoms with van der Waals surface area (Å²) in [6.07, 6.45) is 1.55. The molecule has 1 aliphatic rings. The third kappa shape index (κ3) is 2.20. The van der Waals surface area contributed by atoms with Crippen LogP contribution in [-0.2, 0) is 6.54 Å². The van der Waals surface area contributed by atoms with Crippen LogP contribution in [0.2, 0.25) is 0 Å². The molecule has 2 heterocycles. The van der Waals surface area contributed by atoms with Gasteiger partial charge >= 0.3 is 0 Å². The number of likely N-dealkylation sites (N-methyl/N-ethyl adjacent to an activating group) is 1. The highest BCUT2D eigenvalue weighted by molar-refractivity contribution is 5.97. The van der Waals surface area contributed by atoms with Crippen molar-refractivity contribution in [3.05, 3.63) is 11.9 Å². The Balaban J connectivity index is 2.23. The molecule has 18 heavy (non-hydrogen) atoms. The van der Waals surface area contributed by atoms with Crippen LogP contribution in [0.1, 0.15) is 24.3 Å². The van der Waals surface area contributed by atoms with E-state index in [0.717, 1.165) is 19.6 Å². The normalized spacial score (nSPS) is 21.3. The molecule has 0 aromatic carbocycles. The number of rotatable bonds is 2. The van der Waals surface area contributed by atoms with E-state index in [2.05, 4.69) is 24.0 Å². The van der Waals surface area contributed by atoms with Gasteiger partial charge < -0.3 is 15.5 Å². The van der Waals surface area contributed by atoms with Crippen molar-refractivity contribution in [2.75, 3.05) is 32.4 Å². The van der Waals surface area contributed by atoms with E-state index in [1.165, 1.54) is 0 Å². The van der Waals surface area contributed by atoms with Crippen molar-refractivity contribution in [1.29, 1.82) is 0 Å². The number of aryl methyl sites for hydroxylation is 1. The predicted molar refractivity (Wildman–Crippen MR) is 70.3 cm³/mol. The summed E-state index contributed by atoms with van der Waals surface area (Å²) in [5, 5.41) is 4.12. The van der Waals surface area contributed by atoms with E-state index in [1.807, 2.05) is 11.8 Å². The van der Waals surface area contributed by atoms with Gasteiger partial charge in [-0.3, -0.25) is 9.48 Å². The lowest BCUT2D eigenvalue weighted by Gasteiger charge is -2.38. The molecule has 0 aliphatic carbocycles. The molecule has 1 aromatic heterocycles. The molecule has 2 rings (SSSR count). The number of amides is 1. The zero-order valence-corrected chi connectivity index (χ0v) is 11.3. The van der Waals surface area contributed by atoms with Crippen LogP contribution in [0, 0.1) is 0 Å². The molecule has 2 N–H and O–H groups in total. The summed E-state index contributed by atoms with van der Waals surface area (Å²) in [5.74, 6) is -0.00699. The summed E-state index contributed by atoms with van der Waals surface area (Å²) in [6, 6.07) is 0.204. The predicted octanol–water partition coefficient (Wildman–Crippen LogP) is 0.261. The molecule has 0 bridgehead atoms. The molecule has 0 spiro atoms. The van der Waals surface area contributed by atoms with Crippen LogP contribution in [0.25, 0.3) is 0 Å². The Morgan fingerprint density at radius 2 is 2.28 bits per heavy atom. The number of hydrogen-bond acceptors (Lipinski definition) is 4. The zero-order chi connectivity index (χ0) is 13.3. The van der Waals surface area contributed by atoms with Crippen LogP contribution in [0.15, 0.2) is 6.20 Å². The van der Waals surface area contributed by atoms with Gasteiger partial charge in [-0.25, -0.2) is 0 Å². The monoisotopic (exact) mass is 251 g/mol. The molecule has 1 aliphatic heterocycles. The Hall–Kier alpha value is -1.56. The molecule has 0 radical (unpaired) electrons. The van der Waals surface area contributed by atoms with E-state index < -0.39 is 0 Å². The van der Waals surface area contributed by atoms with E-state index in [1.54, 1.807) is 10.9 Å². The highest BCUT2D eigenvalue weighted by Gasteiger charge is 2.29. The second-order valence-corrected chi connectivity index (χ2v) is 4.87. The smallest absolute Gasteiger partial charge is 0.274 e. The maximum absolute atomic E-state index is 12.5. The van der Waals surface area contributed by atoms with Gasteiger partial charge in [0.25, 0.3) is 5.91 Å². The van der Waals surface area contributed by atoms with Gasteiger partial charge in [-0.1, -0.05) is 0 Å². The van der Waals surface area contributed by atoms with E-state index >= 15 is 0 Å². The van der Waals surface area contributed by atoms with Gasteiger partial charge in [0.2, 0.25) is 0 Å². The van der Waals surface area contributed by atoms with Crippen LogP contribution in [0.3, 0.4) is 0 Å². The fourth-order valence-electron chi connectivity index (χ4n) is 2.45. The van der Waals surface area contributed by atoms with E-state index in [4.69, 9.17) is 5.73 Å². The summed E-state index contributed by atoms with van der Waals surface area (Å²) in [7, 11) is 2.07. The minimum absolute atomic E-state index is 0.00699. The summed E-state index contributed by atoms with van der Waals surface area (Å²) in [4.78, 5) is 16.7. The Kier molecular flexibility index (Phi) is 3.56. The first kappa shape index (κ1) is 12.9. The van der Waals surface area contributed by atoms with Gasteiger partial charge in [0.05, 0.1) is 11.9 Å². The third-order valence-electron chi connectivity index (χ3n) is 3.46. The number of carbonyl (C=O) groups is 1. The number of nitrogen functional groups attached to an aromatic ring is 1. The fraction of sp³-hybridized carbons (Fsp3) is 0.667. The minimum Gasteiger partial charge on any atom is -0.396 e. The number of nitrogens with two attached hydrogens (primary N) is 1. The lowest BCUT2D eigenvalue weighted by atomic mass is 10.1. The standard InChI is InChI=1S/C12H21N5O/c1-4-17-11(10(13)7-14-17)12(18)16-6-5-15(3)8-9(16)2/h7,9H,4-6,8,13H2,1-3H3. The SMILES string of the molecule is CCn1ncc(N)c1C(=O)N1CCN(C)CC1C. The Labute approximate surface area is 107 Å². The quantitative estimate of drug-likeness (QED) is 0.819. The maximum atomic E-state index is 12.5. The maximum Gasteiger partial charge on any atom is 0.274 e. The van der Waals surface area contributed by atoms with Gasteiger partial charge in [0.1, 0.15) is 5.69 Å². The van der Waals surface area contributed by atoms with E-state index in [9.17, 15) is 4.79 Å². The molecule has 0 saturated carbocycles. The largest absolute Gasteiger partial charge is 0.396 e. The number of piperazine rings is 1. The van der Waals surface area contributed by atoms with Crippen molar-refractivity contribution in [2.45, 2.75) is 26.4 Å². The molecule has 1 saturated heterocycles. The number of anilines is 1. The minimum atomic E-state index is -0.00699. The van der Waals surface area contributed by atoms with Gasteiger partial charge in [0, 0.05) is 32.2 Å². The molecule has 6 nitrogen and oxygen atoms in total. The summed E-state index contributed by atoms with van der Waals surface area (Å²) in [5.41, 5.74) is 6.84. The summed E-state index contributed by atoms with van der Waals surface area (Å²) in [6.45, 7) is 7.21. The van der Waals surface area contributed by atoms with Gasteiger partial charge in [-0.2, -0.15) is 5.10 Å². The fourth-order valence-corrected chi connectivity index (χ4v) is 2.45. The second kappa shape index (κ2) is 4.97. The first-order valence-electron chi connectivity index (χ1n) is 6.35. The molecular weight excluding hydrogens is 230 g/mol. The van der Waals surface area contributed by atoms with Crippen molar-refractivity contribution >= 4 is 11.6 Å². The van der Waals surface area contributed by atoms with Gasteiger partial charge in [0.15, 0.2) is 0 Å². The Bertz CT molecular complexity index is 442. The zero-order valence-electron chi connectivity index (χ0n) is 11.3. The number of aromatic nitrogens is 2. The molecule has 1 unspecified atom stereocenters. The van der Waals surface area contributed by atoms with Crippen LogP contribution in [0.5, 0.6) is 0 Å². The first-order chi connectivity index (χ1) is 8.54. The summed E-state index contributed by atoms with van der Waals surface area (Å²) < 4.78 is 1.67. The highest BCUT2D eigenvalue weighted by Crippen LogP contribution is 2.17. The van der Waals surface area contributed by atoms with Crippen LogP contribution >= 0.6 is 0 Å². The summed E-state index contributed by atoms with van der Waals surface area (Å²) >= 11 is 0. The lowest BCUT2D eigenvalue weighted by Crippen LogP contribution is -2.53. The van der Waals surface area contributed by atoms with Gasteiger partial charge in [-0.15, -0.1) is 0 Å². The number of hydrogen-bond donors (Lipinski definition) is 1.